The van der Waals surface area contributed by atoms with E-state index in [0.717, 1.165) is 16.5 Å². The van der Waals surface area contributed by atoms with Gasteiger partial charge in [0.05, 0.1) is 54.3 Å². The van der Waals surface area contributed by atoms with Crippen molar-refractivity contribution in [1.82, 2.24) is 9.88 Å². The summed E-state index contributed by atoms with van der Waals surface area (Å²) < 4.78 is 60.4. The van der Waals surface area contributed by atoms with Crippen LogP contribution < -0.4 is 0 Å². The summed E-state index contributed by atoms with van der Waals surface area (Å²) in [6.45, 7) is 19.7. The summed E-state index contributed by atoms with van der Waals surface area (Å²) in [5.74, 6) is -5.32. The summed E-state index contributed by atoms with van der Waals surface area (Å²) in [6, 6.07) is 18.2. The summed E-state index contributed by atoms with van der Waals surface area (Å²) in [6.07, 6.45) is -3.43. The zero-order valence-electron chi connectivity index (χ0n) is 46.9. The third kappa shape index (κ3) is 12.9. The van der Waals surface area contributed by atoms with Crippen LogP contribution in [0.2, 0.25) is 0 Å². The summed E-state index contributed by atoms with van der Waals surface area (Å²) in [7, 11) is 5.34. The van der Waals surface area contributed by atoms with Crippen molar-refractivity contribution in [3.8, 4) is 0 Å². The molecule has 0 spiro atoms. The second-order valence-electron chi connectivity index (χ2n) is 22.7. The minimum atomic E-state index is -1.86. The molecular formula is C59H83N3O14. The molecule has 3 aromatic rings. The number of carbonyl (C=O) groups excluding carboxylic acids is 3. The molecule has 4 aliphatic rings. The zero-order valence-corrected chi connectivity index (χ0v) is 46.9. The SMILES string of the molecule is CC[C@H]1OC(=O)[C@H](C)[C@@H](O[C@H]2C[C@@](C)(OC)[C@@H](OC(=O)c3ccccc3)[C@H](C)O2)[C@@H](C)[C@@H](O[C@@H]2O[C@H](C)C[C@H](N(C)C)[C@H]2O)[C@]2(C)C[C@@H](C)C(=NC(C)=O)[C@H](C)[C@@H](OCC(c3cnc4ccccc4c3)/C=C\O2)[C@]1(C)O. The average molecular weight is 1060 g/mol. The fraction of sp³-hybridized carbons (Fsp3) is 0.644. The highest BCUT2D eigenvalue weighted by Crippen LogP contribution is 2.44. The highest BCUT2D eigenvalue weighted by atomic mass is 16.7. The maximum atomic E-state index is 15.1. The minimum absolute atomic E-state index is 0.0228. The van der Waals surface area contributed by atoms with Gasteiger partial charge in [0, 0.05) is 61.5 Å². The van der Waals surface area contributed by atoms with Crippen LogP contribution in [0.3, 0.4) is 0 Å². The van der Waals surface area contributed by atoms with Crippen LogP contribution in [0.15, 0.2) is 84.2 Å². The number of aliphatic hydroxyl groups excluding tert-OH is 1. The monoisotopic (exact) mass is 1060 g/mol. The largest absolute Gasteiger partial charge is 0.493 e. The van der Waals surface area contributed by atoms with Crippen molar-refractivity contribution in [3.63, 3.8) is 0 Å². The number of nitrogens with zero attached hydrogens (tertiary/aromatic N) is 3. The molecule has 1 unspecified atom stereocenters. The number of esters is 2. The third-order valence-electron chi connectivity index (χ3n) is 16.4. The molecule has 3 fully saturated rings. The average Bonchev–Trinajstić information content (AvgIpc) is 3.38. The fourth-order valence-electron chi connectivity index (χ4n) is 12.2. The number of fused-ring (bicyclic) bond motifs is 6. The Balaban J connectivity index is 1.40. The summed E-state index contributed by atoms with van der Waals surface area (Å²) in [5, 5.41) is 26.1. The molecule has 4 aliphatic heterocycles. The van der Waals surface area contributed by atoms with E-state index in [0.29, 0.717) is 17.7 Å². The summed E-state index contributed by atoms with van der Waals surface area (Å²) in [5.41, 5.74) is -1.96. The van der Waals surface area contributed by atoms with Crippen molar-refractivity contribution in [2.24, 2.45) is 28.7 Å². The van der Waals surface area contributed by atoms with Gasteiger partial charge in [0.25, 0.3) is 0 Å². The van der Waals surface area contributed by atoms with E-state index in [-0.39, 0.29) is 38.0 Å². The van der Waals surface area contributed by atoms with Crippen molar-refractivity contribution < 1.29 is 67.2 Å². The van der Waals surface area contributed by atoms with E-state index < -0.39 is 120 Å². The Hall–Kier alpha value is -4.69. The van der Waals surface area contributed by atoms with Crippen LogP contribution in [0.25, 0.3) is 10.9 Å². The second-order valence-corrected chi connectivity index (χ2v) is 22.7. The lowest BCUT2D eigenvalue weighted by atomic mass is 9.73. The van der Waals surface area contributed by atoms with Crippen LogP contribution in [-0.2, 0) is 52.2 Å². The first-order valence-corrected chi connectivity index (χ1v) is 27.0. The van der Waals surface area contributed by atoms with Crippen molar-refractivity contribution in [2.45, 2.75) is 192 Å². The van der Waals surface area contributed by atoms with Crippen LogP contribution in [0.1, 0.15) is 124 Å². The van der Waals surface area contributed by atoms with Gasteiger partial charge in [0.15, 0.2) is 18.7 Å². The number of hydrogen-bond acceptors (Lipinski definition) is 16. The molecule has 17 nitrogen and oxygen atoms in total. The van der Waals surface area contributed by atoms with E-state index >= 15 is 4.79 Å². The molecule has 2 bridgehead atoms. The van der Waals surface area contributed by atoms with E-state index in [4.69, 9.17) is 47.6 Å². The third-order valence-corrected chi connectivity index (χ3v) is 16.4. The maximum absolute atomic E-state index is 15.1. The lowest BCUT2D eigenvalue weighted by Gasteiger charge is -2.50. The number of rotatable bonds is 10. The lowest BCUT2D eigenvalue weighted by Crippen LogP contribution is -2.62. The van der Waals surface area contributed by atoms with Gasteiger partial charge < -0.3 is 57.7 Å². The van der Waals surface area contributed by atoms with E-state index in [1.807, 2.05) is 110 Å². The highest BCUT2D eigenvalue weighted by Gasteiger charge is 2.55. The van der Waals surface area contributed by atoms with Gasteiger partial charge in [-0.3, -0.25) is 14.6 Å². The van der Waals surface area contributed by atoms with Crippen LogP contribution >= 0.6 is 0 Å². The number of hydrogen-bond donors (Lipinski definition) is 2. The van der Waals surface area contributed by atoms with Gasteiger partial charge >= 0.3 is 11.9 Å². The van der Waals surface area contributed by atoms with E-state index in [1.165, 1.54) is 14.0 Å². The predicted molar refractivity (Wildman–Crippen MR) is 285 cm³/mol. The Bertz CT molecular complexity index is 2520. The first-order valence-electron chi connectivity index (χ1n) is 27.0. The molecular weight excluding hydrogens is 975 g/mol. The fourth-order valence-corrected chi connectivity index (χ4v) is 12.2. The highest BCUT2D eigenvalue weighted by molar-refractivity contribution is 5.98. The standard InChI is InChI=1S/C59H83N3O14/c1-15-46-59(11,67)52-35(4)48(61-39(8)63)33(2)29-58(10,70-26-25-42(32-69-52)43-28-41-23-19-20-24-44(41)60-31-43)51(76-56-49(64)45(62(12)13)27-34(3)71-56)36(5)50(37(6)54(65)73-46)74-47-30-57(9,68-14)53(38(7)72-47)75-55(66)40-21-17-16-18-22-40/h16-26,28,31,33-38,42,45-47,49-53,56,64,67H,15,27,29-30,32H2,1-14H3/b26-25-,61-48?/t33-,34-,35+,36-,37-,38+,42?,45+,46-,47+,49-,50+,51-,52-,53+,56+,57-,58+,59-/m1/s1. The number of aliphatic hydroxyl groups is 2. The Morgan fingerprint density at radius 3 is 2.29 bits per heavy atom. The number of likely N-dealkylation sites (N-methyl/N-ethyl adjacent to an activating group) is 1. The van der Waals surface area contributed by atoms with Crippen molar-refractivity contribution in [1.29, 1.82) is 0 Å². The number of amides is 1. The predicted octanol–water partition coefficient (Wildman–Crippen LogP) is 7.98. The lowest BCUT2D eigenvalue weighted by molar-refractivity contribution is -0.317. The van der Waals surface area contributed by atoms with Gasteiger partial charge in [-0.2, -0.15) is 0 Å². The van der Waals surface area contributed by atoms with Gasteiger partial charge in [0.2, 0.25) is 5.91 Å². The maximum Gasteiger partial charge on any atom is 0.338 e. The van der Waals surface area contributed by atoms with Gasteiger partial charge in [-0.15, -0.1) is 0 Å². The zero-order chi connectivity index (χ0) is 55.4. The molecule has 1 amide bonds. The van der Waals surface area contributed by atoms with Gasteiger partial charge in [-0.05, 0) is 117 Å². The molecule has 418 valence electrons. The Labute approximate surface area is 448 Å². The summed E-state index contributed by atoms with van der Waals surface area (Å²) >= 11 is 0. The Morgan fingerprint density at radius 2 is 1.62 bits per heavy atom. The van der Waals surface area contributed by atoms with Gasteiger partial charge in [0.1, 0.15) is 35.1 Å². The molecule has 0 saturated carbocycles. The molecule has 5 heterocycles. The quantitative estimate of drug-likeness (QED) is 0.185. The topological polar surface area (TPSA) is 203 Å². The number of benzene rings is 2. The molecule has 1 aromatic heterocycles. The Kier molecular flexibility index (Phi) is 19.0. The number of cyclic esters (lactones) is 1. The number of ether oxygens (including phenoxy) is 9. The van der Waals surface area contributed by atoms with Crippen LogP contribution in [-0.4, -0.2) is 156 Å². The molecule has 2 N–H and O–H groups in total. The molecule has 17 heteroatoms. The van der Waals surface area contributed by atoms with Gasteiger partial charge in [-0.25, -0.2) is 9.79 Å². The van der Waals surface area contributed by atoms with Crippen molar-refractivity contribution in [2.75, 3.05) is 27.8 Å². The molecule has 2 aromatic carbocycles. The van der Waals surface area contributed by atoms with Crippen LogP contribution in [0.4, 0.5) is 0 Å². The summed E-state index contributed by atoms with van der Waals surface area (Å²) in [4.78, 5) is 53.4. The van der Waals surface area contributed by atoms with E-state index in [9.17, 15) is 19.8 Å². The second kappa shape index (κ2) is 24.5. The van der Waals surface area contributed by atoms with Crippen LogP contribution in [0, 0.1) is 23.7 Å². The van der Waals surface area contributed by atoms with Crippen molar-refractivity contribution >= 4 is 34.5 Å². The van der Waals surface area contributed by atoms with Gasteiger partial charge in [-0.1, -0.05) is 64.1 Å². The molecule has 3 saturated heterocycles. The van der Waals surface area contributed by atoms with E-state index in [1.54, 1.807) is 57.5 Å². The molecule has 19 atom stereocenters. The number of carbonyl (C=O) groups is 3. The number of aliphatic imine (C=N–C) groups is 1. The minimum Gasteiger partial charge on any atom is -0.493 e. The Morgan fingerprint density at radius 1 is 0.921 bits per heavy atom. The smallest absolute Gasteiger partial charge is 0.338 e. The number of aromatic nitrogens is 1. The van der Waals surface area contributed by atoms with Crippen molar-refractivity contribution in [3.05, 3.63) is 90.3 Å². The first kappa shape index (κ1) is 59.0. The van der Waals surface area contributed by atoms with Crippen LogP contribution in [0.5, 0.6) is 0 Å². The number of para-hydroxylation sites is 1. The normalized spacial score (nSPS) is 39.9. The van der Waals surface area contributed by atoms with E-state index in [2.05, 4.69) is 4.99 Å². The molecule has 0 aliphatic carbocycles. The molecule has 7 rings (SSSR count). The molecule has 76 heavy (non-hydrogen) atoms. The number of pyridine rings is 1. The molecule has 0 radical (unpaired) electrons. The number of methoxy groups -OCH3 is 1. The first-order chi connectivity index (χ1) is 35.9.